The number of halogens is 1. The first-order valence-corrected chi connectivity index (χ1v) is 5.70. The summed E-state index contributed by atoms with van der Waals surface area (Å²) in [5.41, 5.74) is 5.99. The Balaban J connectivity index is 2.41. The second kappa shape index (κ2) is 5.30. The van der Waals surface area contributed by atoms with E-state index in [-0.39, 0.29) is 0 Å². The van der Waals surface area contributed by atoms with Crippen LogP contribution in [0.15, 0.2) is 30.6 Å². The Morgan fingerprint density at radius 1 is 1.56 bits per heavy atom. The van der Waals surface area contributed by atoms with Crippen LogP contribution in [0.25, 0.3) is 10.8 Å². The van der Waals surface area contributed by atoms with Crippen LogP contribution >= 0.6 is 11.6 Å². The van der Waals surface area contributed by atoms with Gasteiger partial charge in [0.05, 0.1) is 12.3 Å². The number of carbonyl (C=O) groups is 1. The lowest BCUT2D eigenvalue weighted by molar-refractivity contribution is -0.118. The van der Waals surface area contributed by atoms with E-state index in [4.69, 9.17) is 22.4 Å². The summed E-state index contributed by atoms with van der Waals surface area (Å²) in [7, 11) is 0. The Morgan fingerprint density at radius 2 is 2.33 bits per heavy atom. The number of amides is 1. The first-order valence-electron chi connectivity index (χ1n) is 5.32. The maximum absolute atomic E-state index is 11.6. The van der Waals surface area contributed by atoms with Crippen molar-refractivity contribution >= 4 is 34.0 Å². The van der Waals surface area contributed by atoms with Gasteiger partial charge in [-0.25, -0.2) is 0 Å². The highest BCUT2D eigenvalue weighted by Crippen LogP contribution is 2.27. The molecule has 4 N–H and O–H groups in total. The molecule has 0 saturated carbocycles. The van der Waals surface area contributed by atoms with Crippen molar-refractivity contribution in [2.45, 2.75) is 6.04 Å². The molecule has 0 spiro atoms. The highest BCUT2D eigenvalue weighted by Gasteiger charge is 2.13. The standard InChI is InChI=1S/C12H12ClN3O2/c13-8-3-7-5-15-2-1-9(7)11(4-8)16-12(18)10(14)6-17/h1-5,10,17H,6,14H2,(H,16,18). The second-order valence-electron chi connectivity index (χ2n) is 3.83. The minimum atomic E-state index is -0.958. The van der Waals surface area contributed by atoms with Gasteiger partial charge < -0.3 is 16.2 Å². The van der Waals surface area contributed by atoms with Gasteiger partial charge in [-0.1, -0.05) is 11.6 Å². The molecule has 0 aliphatic rings. The molecule has 2 aromatic rings. The predicted molar refractivity (Wildman–Crippen MR) is 70.4 cm³/mol. The zero-order valence-corrected chi connectivity index (χ0v) is 10.2. The molecule has 2 rings (SSSR count). The van der Waals surface area contributed by atoms with Crippen LogP contribution in [0, 0.1) is 0 Å². The summed E-state index contributed by atoms with van der Waals surface area (Å²) in [5.74, 6) is -0.460. The first kappa shape index (κ1) is 12.8. The summed E-state index contributed by atoms with van der Waals surface area (Å²) in [5, 5.41) is 13.6. The van der Waals surface area contributed by atoms with Gasteiger partial charge in [-0.2, -0.15) is 0 Å². The van der Waals surface area contributed by atoms with Crippen LogP contribution in [0.4, 0.5) is 5.69 Å². The van der Waals surface area contributed by atoms with Gasteiger partial charge in [0.2, 0.25) is 5.91 Å². The summed E-state index contributed by atoms with van der Waals surface area (Å²) in [4.78, 5) is 15.6. The molecule has 1 aromatic heterocycles. The first-order chi connectivity index (χ1) is 8.61. The molecule has 0 bridgehead atoms. The summed E-state index contributed by atoms with van der Waals surface area (Å²) >= 11 is 5.96. The van der Waals surface area contributed by atoms with E-state index in [0.717, 1.165) is 10.8 Å². The summed E-state index contributed by atoms with van der Waals surface area (Å²) in [6, 6.07) is 4.20. The predicted octanol–water partition coefficient (Wildman–Crippen LogP) is 1.15. The molecule has 1 amide bonds. The highest BCUT2D eigenvalue weighted by atomic mass is 35.5. The number of aliphatic hydroxyl groups excluding tert-OH is 1. The van der Waals surface area contributed by atoms with E-state index in [1.807, 2.05) is 0 Å². The van der Waals surface area contributed by atoms with Crippen molar-refractivity contribution in [3.05, 3.63) is 35.6 Å². The van der Waals surface area contributed by atoms with E-state index >= 15 is 0 Å². The number of hydrogen-bond donors (Lipinski definition) is 3. The average molecular weight is 266 g/mol. The Morgan fingerprint density at radius 3 is 3.06 bits per heavy atom. The van der Waals surface area contributed by atoms with E-state index in [1.54, 1.807) is 30.6 Å². The number of nitrogens with one attached hydrogen (secondary N) is 1. The Bertz CT molecular complexity index is 589. The SMILES string of the molecule is NC(CO)C(=O)Nc1cc(Cl)cc2cnccc12. The van der Waals surface area contributed by atoms with Gasteiger partial charge >= 0.3 is 0 Å². The van der Waals surface area contributed by atoms with Gasteiger partial charge in [0.1, 0.15) is 6.04 Å². The molecule has 5 nitrogen and oxygen atoms in total. The minimum absolute atomic E-state index is 0.411. The normalized spacial score (nSPS) is 12.4. The van der Waals surface area contributed by atoms with Gasteiger partial charge in [0.15, 0.2) is 0 Å². The monoisotopic (exact) mass is 265 g/mol. The number of aliphatic hydroxyl groups is 1. The smallest absolute Gasteiger partial charge is 0.243 e. The van der Waals surface area contributed by atoms with Crippen LogP contribution in [0.1, 0.15) is 0 Å². The van der Waals surface area contributed by atoms with E-state index in [1.165, 1.54) is 0 Å². The van der Waals surface area contributed by atoms with Crippen LogP contribution in [0.2, 0.25) is 5.02 Å². The number of pyridine rings is 1. The molecule has 6 heteroatoms. The fourth-order valence-corrected chi connectivity index (χ4v) is 1.81. The van der Waals surface area contributed by atoms with Gasteiger partial charge in [-0.05, 0) is 18.2 Å². The molecule has 0 saturated heterocycles. The van der Waals surface area contributed by atoms with Crippen LogP contribution in [0.3, 0.4) is 0 Å². The maximum Gasteiger partial charge on any atom is 0.243 e. The van der Waals surface area contributed by atoms with Crippen LogP contribution in [0.5, 0.6) is 0 Å². The third kappa shape index (κ3) is 2.59. The highest BCUT2D eigenvalue weighted by molar-refractivity contribution is 6.32. The van der Waals surface area contributed by atoms with Crippen LogP contribution in [-0.2, 0) is 4.79 Å². The van der Waals surface area contributed by atoms with Crippen molar-refractivity contribution in [1.29, 1.82) is 0 Å². The van der Waals surface area contributed by atoms with E-state index in [9.17, 15) is 4.79 Å². The summed E-state index contributed by atoms with van der Waals surface area (Å²) in [6.45, 7) is -0.411. The summed E-state index contributed by atoms with van der Waals surface area (Å²) < 4.78 is 0. The number of carbonyl (C=O) groups excluding carboxylic acids is 1. The molecule has 1 unspecified atom stereocenters. The third-order valence-electron chi connectivity index (χ3n) is 2.51. The number of rotatable bonds is 3. The molecule has 1 heterocycles. The second-order valence-corrected chi connectivity index (χ2v) is 4.26. The minimum Gasteiger partial charge on any atom is -0.394 e. The lowest BCUT2D eigenvalue weighted by Crippen LogP contribution is -2.38. The lowest BCUT2D eigenvalue weighted by atomic mass is 10.1. The van der Waals surface area contributed by atoms with Crippen molar-refractivity contribution in [2.24, 2.45) is 5.73 Å². The van der Waals surface area contributed by atoms with E-state index < -0.39 is 18.6 Å². The zero-order chi connectivity index (χ0) is 13.1. The fourth-order valence-electron chi connectivity index (χ4n) is 1.58. The largest absolute Gasteiger partial charge is 0.394 e. The van der Waals surface area contributed by atoms with E-state index in [2.05, 4.69) is 10.3 Å². The number of anilines is 1. The molecule has 0 aliphatic heterocycles. The molecule has 18 heavy (non-hydrogen) atoms. The Labute approximate surface area is 109 Å². The van der Waals surface area contributed by atoms with Crippen molar-refractivity contribution in [2.75, 3.05) is 11.9 Å². The molecule has 1 atom stereocenters. The fraction of sp³-hybridized carbons (Fsp3) is 0.167. The third-order valence-corrected chi connectivity index (χ3v) is 2.73. The topological polar surface area (TPSA) is 88.2 Å². The number of nitrogens with two attached hydrogens (primary N) is 1. The number of benzene rings is 1. The molecular weight excluding hydrogens is 254 g/mol. The van der Waals surface area contributed by atoms with Gasteiger partial charge in [-0.15, -0.1) is 0 Å². The van der Waals surface area contributed by atoms with Crippen molar-refractivity contribution in [3.63, 3.8) is 0 Å². The van der Waals surface area contributed by atoms with Crippen molar-refractivity contribution < 1.29 is 9.90 Å². The molecular formula is C12H12ClN3O2. The zero-order valence-electron chi connectivity index (χ0n) is 9.43. The van der Waals surface area contributed by atoms with Crippen molar-refractivity contribution in [1.82, 2.24) is 4.98 Å². The van der Waals surface area contributed by atoms with E-state index in [0.29, 0.717) is 10.7 Å². The number of fused-ring (bicyclic) bond motifs is 1. The van der Waals surface area contributed by atoms with Gasteiger partial charge in [0.25, 0.3) is 0 Å². The maximum atomic E-state index is 11.6. The average Bonchev–Trinajstić information content (AvgIpc) is 2.37. The lowest BCUT2D eigenvalue weighted by Gasteiger charge is -2.12. The molecule has 0 fully saturated rings. The van der Waals surface area contributed by atoms with Gasteiger partial charge in [0, 0.05) is 28.2 Å². The molecule has 1 aromatic carbocycles. The quantitative estimate of drug-likeness (QED) is 0.777. The number of aromatic nitrogens is 1. The number of hydrogen-bond acceptors (Lipinski definition) is 4. The Hall–Kier alpha value is -1.69. The molecule has 0 radical (unpaired) electrons. The Kier molecular flexibility index (Phi) is 3.76. The molecule has 94 valence electrons. The molecule has 0 aliphatic carbocycles. The summed E-state index contributed by atoms with van der Waals surface area (Å²) in [6.07, 6.45) is 3.28. The van der Waals surface area contributed by atoms with Crippen LogP contribution in [-0.4, -0.2) is 28.6 Å². The van der Waals surface area contributed by atoms with Gasteiger partial charge in [-0.3, -0.25) is 9.78 Å². The van der Waals surface area contributed by atoms with Crippen LogP contribution < -0.4 is 11.1 Å². The number of nitrogens with zero attached hydrogens (tertiary/aromatic N) is 1. The van der Waals surface area contributed by atoms with Crippen molar-refractivity contribution in [3.8, 4) is 0 Å².